The molecule has 1 aliphatic rings. The average molecular weight is 440 g/mol. The average Bonchev–Trinajstić information content (AvgIpc) is 3.09. The van der Waals surface area contributed by atoms with E-state index in [4.69, 9.17) is 0 Å². The molecule has 5 nitrogen and oxygen atoms in total. The molecule has 0 spiro atoms. The van der Waals surface area contributed by atoms with Gasteiger partial charge < -0.3 is 10.2 Å². The van der Waals surface area contributed by atoms with Gasteiger partial charge in [0.05, 0.1) is 11.3 Å². The van der Waals surface area contributed by atoms with Crippen molar-refractivity contribution in [2.45, 2.75) is 45.8 Å². The van der Waals surface area contributed by atoms with Crippen LogP contribution in [0.4, 0.5) is 13.2 Å². The Morgan fingerprint density at radius 3 is 2.30 bits per heavy atom. The fourth-order valence-corrected chi connectivity index (χ4v) is 4.37. The fraction of sp³-hybridized carbons (Fsp3) is 0.476. The highest BCUT2D eigenvalue weighted by Gasteiger charge is 2.30. The quantitative estimate of drug-likeness (QED) is 0.762. The molecule has 0 aliphatic carbocycles. The molecule has 2 amide bonds. The lowest BCUT2D eigenvalue weighted by molar-refractivity contribution is -0.137. The summed E-state index contributed by atoms with van der Waals surface area (Å²) in [4.78, 5) is 31.4. The Balaban J connectivity index is 1.64. The van der Waals surface area contributed by atoms with E-state index in [1.807, 2.05) is 18.7 Å². The van der Waals surface area contributed by atoms with Gasteiger partial charge in [0.15, 0.2) is 0 Å². The lowest BCUT2D eigenvalue weighted by Crippen LogP contribution is -2.47. The number of rotatable bonds is 4. The Hall–Kier alpha value is -2.42. The monoisotopic (exact) mass is 439 g/mol. The van der Waals surface area contributed by atoms with Crippen LogP contribution in [-0.2, 0) is 11.0 Å². The Labute approximate surface area is 177 Å². The molecule has 9 heteroatoms. The number of piperidine rings is 1. The van der Waals surface area contributed by atoms with Crippen molar-refractivity contribution in [3.8, 4) is 10.6 Å². The summed E-state index contributed by atoms with van der Waals surface area (Å²) in [5.74, 6) is -0.157. The Morgan fingerprint density at radius 1 is 1.17 bits per heavy atom. The summed E-state index contributed by atoms with van der Waals surface area (Å²) < 4.78 is 38.2. The first kappa shape index (κ1) is 22.3. The number of aromatic nitrogens is 1. The summed E-state index contributed by atoms with van der Waals surface area (Å²) in [5, 5.41) is 3.51. The van der Waals surface area contributed by atoms with Crippen LogP contribution >= 0.6 is 11.3 Å². The van der Waals surface area contributed by atoms with Gasteiger partial charge >= 0.3 is 6.18 Å². The number of likely N-dealkylation sites (tertiary alicyclic amines) is 1. The summed E-state index contributed by atoms with van der Waals surface area (Å²) in [6.45, 7) is 6.68. The van der Waals surface area contributed by atoms with Crippen molar-refractivity contribution in [3.05, 3.63) is 40.4 Å². The molecule has 0 bridgehead atoms. The SMILES string of the molecule is Cc1nc(-c2ccc(C(F)(F)F)cc2)sc1C(=O)NC1CCN(C(=O)C(C)C)CC1. The zero-order chi connectivity index (χ0) is 22.1. The van der Waals surface area contributed by atoms with Gasteiger partial charge in [0.2, 0.25) is 5.91 Å². The third-order valence-electron chi connectivity index (χ3n) is 5.10. The number of thiazole rings is 1. The number of halogens is 3. The van der Waals surface area contributed by atoms with Gasteiger partial charge in [0.25, 0.3) is 5.91 Å². The van der Waals surface area contributed by atoms with E-state index in [0.29, 0.717) is 47.1 Å². The van der Waals surface area contributed by atoms with Gasteiger partial charge in [-0.1, -0.05) is 26.0 Å². The van der Waals surface area contributed by atoms with Crippen LogP contribution in [0.1, 0.15) is 47.6 Å². The van der Waals surface area contributed by atoms with Crippen LogP contribution in [0, 0.1) is 12.8 Å². The lowest BCUT2D eigenvalue weighted by atomic mass is 10.0. The Morgan fingerprint density at radius 2 is 1.77 bits per heavy atom. The van der Waals surface area contributed by atoms with Gasteiger partial charge in [-0.05, 0) is 31.9 Å². The second-order valence-electron chi connectivity index (χ2n) is 7.74. The third-order valence-corrected chi connectivity index (χ3v) is 6.30. The van der Waals surface area contributed by atoms with Crippen molar-refractivity contribution >= 4 is 23.2 Å². The van der Waals surface area contributed by atoms with E-state index < -0.39 is 11.7 Å². The predicted octanol–water partition coefficient (Wildman–Crippen LogP) is 4.51. The van der Waals surface area contributed by atoms with E-state index in [1.54, 1.807) is 6.92 Å². The molecule has 30 heavy (non-hydrogen) atoms. The van der Waals surface area contributed by atoms with Crippen LogP contribution in [-0.4, -0.2) is 40.8 Å². The number of benzene rings is 1. The van der Waals surface area contributed by atoms with Crippen molar-refractivity contribution in [3.63, 3.8) is 0 Å². The van der Waals surface area contributed by atoms with E-state index in [1.165, 1.54) is 12.1 Å². The maximum Gasteiger partial charge on any atom is 0.416 e. The highest BCUT2D eigenvalue weighted by molar-refractivity contribution is 7.17. The second kappa shape index (κ2) is 8.75. The topological polar surface area (TPSA) is 62.3 Å². The number of amides is 2. The summed E-state index contributed by atoms with van der Waals surface area (Å²) in [7, 11) is 0. The van der Waals surface area contributed by atoms with Crippen LogP contribution in [0.15, 0.2) is 24.3 Å². The molecule has 1 aliphatic heterocycles. The third kappa shape index (κ3) is 5.00. The molecule has 0 unspecified atom stereocenters. The summed E-state index contributed by atoms with van der Waals surface area (Å²) >= 11 is 1.16. The maximum absolute atomic E-state index is 12.7. The predicted molar refractivity (Wildman–Crippen MR) is 109 cm³/mol. The summed E-state index contributed by atoms with van der Waals surface area (Å²) in [6, 6.07) is 4.73. The number of carbonyl (C=O) groups is 2. The van der Waals surface area contributed by atoms with Crippen molar-refractivity contribution in [1.82, 2.24) is 15.2 Å². The Bertz CT molecular complexity index is 915. The van der Waals surface area contributed by atoms with Gasteiger partial charge in [-0.3, -0.25) is 9.59 Å². The molecule has 0 saturated carbocycles. The summed E-state index contributed by atoms with van der Waals surface area (Å²) in [5.41, 5.74) is 0.357. The minimum absolute atomic E-state index is 0.0234. The number of nitrogens with zero attached hydrogens (tertiary/aromatic N) is 2. The molecular formula is C21H24F3N3O2S. The fourth-order valence-electron chi connectivity index (χ4n) is 3.39. The highest BCUT2D eigenvalue weighted by Crippen LogP contribution is 2.33. The first-order valence-electron chi connectivity index (χ1n) is 9.81. The van der Waals surface area contributed by atoms with E-state index >= 15 is 0 Å². The largest absolute Gasteiger partial charge is 0.416 e. The van der Waals surface area contributed by atoms with Crippen molar-refractivity contribution in [2.75, 3.05) is 13.1 Å². The van der Waals surface area contributed by atoms with Crippen molar-refractivity contribution in [1.29, 1.82) is 0 Å². The number of nitrogens with one attached hydrogen (secondary N) is 1. The minimum atomic E-state index is -4.39. The van der Waals surface area contributed by atoms with Gasteiger partial charge in [-0.15, -0.1) is 11.3 Å². The van der Waals surface area contributed by atoms with Gasteiger partial charge in [0.1, 0.15) is 9.88 Å². The zero-order valence-corrected chi connectivity index (χ0v) is 17.9. The zero-order valence-electron chi connectivity index (χ0n) is 17.0. The van der Waals surface area contributed by atoms with Crippen molar-refractivity contribution in [2.24, 2.45) is 5.92 Å². The van der Waals surface area contributed by atoms with Gasteiger partial charge in [0, 0.05) is 30.6 Å². The van der Waals surface area contributed by atoms with Crippen LogP contribution in [0.2, 0.25) is 0 Å². The van der Waals surface area contributed by atoms with Gasteiger partial charge in [-0.25, -0.2) is 4.98 Å². The first-order chi connectivity index (χ1) is 14.1. The molecule has 2 heterocycles. The molecule has 1 fully saturated rings. The highest BCUT2D eigenvalue weighted by atomic mass is 32.1. The van der Waals surface area contributed by atoms with Crippen LogP contribution in [0.25, 0.3) is 10.6 Å². The molecule has 162 valence electrons. The van der Waals surface area contributed by atoms with Crippen LogP contribution in [0.5, 0.6) is 0 Å². The number of hydrogen-bond acceptors (Lipinski definition) is 4. The molecule has 0 atom stereocenters. The lowest BCUT2D eigenvalue weighted by Gasteiger charge is -2.33. The van der Waals surface area contributed by atoms with Gasteiger partial charge in [-0.2, -0.15) is 13.2 Å². The molecule has 1 aromatic heterocycles. The van der Waals surface area contributed by atoms with E-state index in [9.17, 15) is 22.8 Å². The molecule has 1 aromatic carbocycles. The molecule has 1 N–H and O–H groups in total. The van der Waals surface area contributed by atoms with E-state index in [0.717, 1.165) is 23.5 Å². The molecule has 2 aromatic rings. The van der Waals surface area contributed by atoms with Crippen molar-refractivity contribution < 1.29 is 22.8 Å². The first-order valence-corrected chi connectivity index (χ1v) is 10.6. The minimum Gasteiger partial charge on any atom is -0.348 e. The smallest absolute Gasteiger partial charge is 0.348 e. The standard InChI is InChI=1S/C21H24F3N3O2S/c1-12(2)20(29)27-10-8-16(9-11-27)26-18(28)17-13(3)25-19(30-17)14-4-6-15(7-5-14)21(22,23)24/h4-7,12,16H,8-11H2,1-3H3,(H,26,28). The maximum atomic E-state index is 12.7. The van der Waals surface area contributed by atoms with Crippen LogP contribution < -0.4 is 5.32 Å². The normalized spacial score (nSPS) is 15.5. The van der Waals surface area contributed by atoms with E-state index in [2.05, 4.69) is 10.3 Å². The number of aryl methyl sites for hydroxylation is 1. The molecule has 0 radical (unpaired) electrons. The molecular weight excluding hydrogens is 415 g/mol. The number of hydrogen-bond donors (Lipinski definition) is 1. The Kier molecular flexibility index (Phi) is 6.50. The number of carbonyl (C=O) groups excluding carboxylic acids is 2. The summed E-state index contributed by atoms with van der Waals surface area (Å²) in [6.07, 6.45) is -3.01. The van der Waals surface area contributed by atoms with Crippen LogP contribution in [0.3, 0.4) is 0 Å². The molecule has 3 rings (SSSR count). The van der Waals surface area contributed by atoms with E-state index in [-0.39, 0.29) is 23.8 Å². The number of alkyl halides is 3. The second-order valence-corrected chi connectivity index (χ2v) is 8.74. The molecule has 1 saturated heterocycles.